The first-order valence-electron chi connectivity index (χ1n) is 8.41. The standard InChI is InChI=1S/C21H21NO3/c1-3-25-21(24)20(17-13-22-18-7-5-4-6-16(17)18)19(23)12-15-10-8-14(2)9-11-15/h4-11,13,20,22H,3,12H2,1-2H3. The molecule has 2 aromatic carbocycles. The average molecular weight is 335 g/mol. The maximum absolute atomic E-state index is 12.9. The SMILES string of the molecule is CCOC(=O)C(C(=O)Cc1ccc(C)cc1)c1c[nH]c2ccccc12. The van der Waals surface area contributed by atoms with Crippen LogP contribution in [0, 0.1) is 6.92 Å². The molecule has 1 unspecified atom stereocenters. The van der Waals surface area contributed by atoms with Crippen LogP contribution < -0.4 is 0 Å². The second kappa shape index (κ2) is 7.34. The number of Topliss-reactive ketones (excluding diaryl/α,β-unsaturated/α-hetero) is 1. The number of para-hydroxylation sites is 1. The molecule has 1 heterocycles. The van der Waals surface area contributed by atoms with Crippen LogP contribution in [0.5, 0.6) is 0 Å². The molecule has 1 atom stereocenters. The van der Waals surface area contributed by atoms with E-state index in [0.29, 0.717) is 5.56 Å². The van der Waals surface area contributed by atoms with Gasteiger partial charge in [0.05, 0.1) is 6.61 Å². The largest absolute Gasteiger partial charge is 0.465 e. The Kier molecular flexibility index (Phi) is 4.98. The van der Waals surface area contributed by atoms with Crippen LogP contribution in [0.4, 0.5) is 0 Å². The number of aromatic nitrogens is 1. The lowest BCUT2D eigenvalue weighted by Gasteiger charge is -2.14. The molecule has 0 saturated heterocycles. The van der Waals surface area contributed by atoms with E-state index in [1.807, 2.05) is 55.5 Å². The number of fused-ring (bicyclic) bond motifs is 1. The molecule has 0 aliphatic heterocycles. The van der Waals surface area contributed by atoms with Gasteiger partial charge in [-0.3, -0.25) is 9.59 Å². The Morgan fingerprint density at radius 1 is 1.08 bits per heavy atom. The van der Waals surface area contributed by atoms with Crippen LogP contribution in [0.25, 0.3) is 10.9 Å². The van der Waals surface area contributed by atoms with Crippen molar-refractivity contribution in [1.29, 1.82) is 0 Å². The monoisotopic (exact) mass is 335 g/mol. The first kappa shape index (κ1) is 17.0. The summed E-state index contributed by atoms with van der Waals surface area (Å²) in [6.45, 7) is 3.99. The Morgan fingerprint density at radius 3 is 2.52 bits per heavy atom. The van der Waals surface area contributed by atoms with E-state index in [9.17, 15) is 9.59 Å². The number of hydrogen-bond acceptors (Lipinski definition) is 3. The van der Waals surface area contributed by atoms with Crippen molar-refractivity contribution < 1.29 is 14.3 Å². The Morgan fingerprint density at radius 2 is 1.80 bits per heavy atom. The summed E-state index contributed by atoms with van der Waals surface area (Å²) in [5, 5.41) is 0.873. The van der Waals surface area contributed by atoms with Gasteiger partial charge < -0.3 is 9.72 Å². The summed E-state index contributed by atoms with van der Waals surface area (Å²) in [6, 6.07) is 15.4. The zero-order chi connectivity index (χ0) is 17.8. The number of aryl methyl sites for hydroxylation is 1. The molecule has 0 amide bonds. The van der Waals surface area contributed by atoms with E-state index in [0.717, 1.165) is 22.0 Å². The van der Waals surface area contributed by atoms with Crippen LogP contribution in [0.3, 0.4) is 0 Å². The van der Waals surface area contributed by atoms with Crippen molar-refractivity contribution in [2.75, 3.05) is 6.61 Å². The average Bonchev–Trinajstić information content (AvgIpc) is 3.01. The predicted octanol–water partition coefficient (Wildman–Crippen LogP) is 3.93. The minimum Gasteiger partial charge on any atom is -0.465 e. The Balaban J connectivity index is 1.95. The van der Waals surface area contributed by atoms with Crippen LogP contribution in [0.1, 0.15) is 29.5 Å². The highest BCUT2D eigenvalue weighted by Crippen LogP contribution is 2.28. The molecule has 1 N–H and O–H groups in total. The third-order valence-corrected chi connectivity index (χ3v) is 4.28. The molecule has 0 aliphatic rings. The molecule has 0 aliphatic carbocycles. The summed E-state index contributed by atoms with van der Waals surface area (Å²) < 4.78 is 5.18. The fraction of sp³-hybridized carbons (Fsp3) is 0.238. The van der Waals surface area contributed by atoms with Gasteiger partial charge in [-0.25, -0.2) is 0 Å². The predicted molar refractivity (Wildman–Crippen MR) is 97.6 cm³/mol. The highest BCUT2D eigenvalue weighted by atomic mass is 16.5. The van der Waals surface area contributed by atoms with Crippen molar-refractivity contribution in [2.24, 2.45) is 0 Å². The van der Waals surface area contributed by atoms with Gasteiger partial charge >= 0.3 is 5.97 Å². The summed E-state index contributed by atoms with van der Waals surface area (Å²) >= 11 is 0. The summed E-state index contributed by atoms with van der Waals surface area (Å²) in [7, 11) is 0. The Bertz CT molecular complexity index is 893. The number of H-pyrrole nitrogens is 1. The first-order chi connectivity index (χ1) is 12.1. The molecule has 3 rings (SSSR count). The van der Waals surface area contributed by atoms with Crippen molar-refractivity contribution in [3.8, 4) is 0 Å². The van der Waals surface area contributed by atoms with Gasteiger partial charge in [0.1, 0.15) is 5.92 Å². The molecule has 0 spiro atoms. The van der Waals surface area contributed by atoms with E-state index in [1.165, 1.54) is 0 Å². The van der Waals surface area contributed by atoms with E-state index in [2.05, 4.69) is 4.98 Å². The number of esters is 1. The second-order valence-electron chi connectivity index (χ2n) is 6.10. The molecular formula is C21H21NO3. The van der Waals surface area contributed by atoms with E-state index in [4.69, 9.17) is 4.74 Å². The summed E-state index contributed by atoms with van der Waals surface area (Å²) in [4.78, 5) is 28.6. The molecule has 1 aromatic heterocycles. The normalized spacial score (nSPS) is 12.1. The van der Waals surface area contributed by atoms with Gasteiger partial charge in [-0.1, -0.05) is 48.0 Å². The van der Waals surface area contributed by atoms with Gasteiger partial charge in [0.2, 0.25) is 0 Å². The highest BCUT2D eigenvalue weighted by molar-refractivity contribution is 6.08. The lowest BCUT2D eigenvalue weighted by Crippen LogP contribution is -2.25. The third kappa shape index (κ3) is 3.63. The Labute approximate surface area is 146 Å². The molecule has 0 fully saturated rings. The topological polar surface area (TPSA) is 59.2 Å². The van der Waals surface area contributed by atoms with Gasteiger partial charge in [-0.05, 0) is 31.0 Å². The summed E-state index contributed by atoms with van der Waals surface area (Å²) in [5.74, 6) is -1.58. The number of rotatable bonds is 6. The highest BCUT2D eigenvalue weighted by Gasteiger charge is 2.31. The number of ether oxygens (including phenoxy) is 1. The van der Waals surface area contributed by atoms with E-state index < -0.39 is 11.9 Å². The van der Waals surface area contributed by atoms with E-state index in [1.54, 1.807) is 13.1 Å². The molecule has 0 radical (unpaired) electrons. The number of ketones is 1. The van der Waals surface area contributed by atoms with Crippen LogP contribution in [-0.2, 0) is 20.7 Å². The number of carbonyl (C=O) groups excluding carboxylic acids is 2. The number of carbonyl (C=O) groups is 2. The fourth-order valence-corrected chi connectivity index (χ4v) is 3.00. The van der Waals surface area contributed by atoms with Gasteiger partial charge in [0.15, 0.2) is 5.78 Å². The number of aromatic amines is 1. The summed E-state index contributed by atoms with van der Waals surface area (Å²) in [5.41, 5.74) is 3.60. The molecule has 4 nitrogen and oxygen atoms in total. The summed E-state index contributed by atoms with van der Waals surface area (Å²) in [6.07, 6.45) is 1.93. The van der Waals surface area contributed by atoms with E-state index in [-0.39, 0.29) is 18.8 Å². The fourth-order valence-electron chi connectivity index (χ4n) is 3.00. The van der Waals surface area contributed by atoms with Crippen LogP contribution >= 0.6 is 0 Å². The van der Waals surface area contributed by atoms with Crippen molar-refractivity contribution in [1.82, 2.24) is 4.98 Å². The zero-order valence-electron chi connectivity index (χ0n) is 14.4. The molecular weight excluding hydrogens is 314 g/mol. The number of benzene rings is 2. The second-order valence-corrected chi connectivity index (χ2v) is 6.10. The lowest BCUT2D eigenvalue weighted by atomic mass is 9.90. The minimum atomic E-state index is -0.919. The lowest BCUT2D eigenvalue weighted by molar-refractivity contribution is -0.147. The quantitative estimate of drug-likeness (QED) is 0.548. The molecule has 25 heavy (non-hydrogen) atoms. The minimum absolute atomic E-state index is 0.160. The van der Waals surface area contributed by atoms with Crippen LogP contribution in [0.2, 0.25) is 0 Å². The Hall–Kier alpha value is -2.88. The maximum Gasteiger partial charge on any atom is 0.321 e. The van der Waals surface area contributed by atoms with Gasteiger partial charge in [0.25, 0.3) is 0 Å². The maximum atomic E-state index is 12.9. The van der Waals surface area contributed by atoms with Crippen LogP contribution in [-0.4, -0.2) is 23.3 Å². The smallest absolute Gasteiger partial charge is 0.321 e. The van der Waals surface area contributed by atoms with Crippen molar-refractivity contribution in [3.63, 3.8) is 0 Å². The van der Waals surface area contributed by atoms with Crippen molar-refractivity contribution in [3.05, 3.63) is 71.4 Å². The molecule has 0 bridgehead atoms. The number of hydrogen-bond donors (Lipinski definition) is 1. The van der Waals surface area contributed by atoms with Gasteiger partial charge in [-0.15, -0.1) is 0 Å². The van der Waals surface area contributed by atoms with Gasteiger partial charge in [-0.2, -0.15) is 0 Å². The first-order valence-corrected chi connectivity index (χ1v) is 8.41. The van der Waals surface area contributed by atoms with Crippen LogP contribution in [0.15, 0.2) is 54.7 Å². The number of nitrogens with one attached hydrogen (secondary N) is 1. The molecule has 3 aromatic rings. The van der Waals surface area contributed by atoms with E-state index >= 15 is 0 Å². The van der Waals surface area contributed by atoms with Gasteiger partial charge in [0, 0.05) is 23.5 Å². The van der Waals surface area contributed by atoms with Crippen molar-refractivity contribution >= 4 is 22.7 Å². The molecule has 128 valence electrons. The zero-order valence-corrected chi connectivity index (χ0v) is 14.4. The third-order valence-electron chi connectivity index (χ3n) is 4.28. The molecule has 4 heteroatoms. The molecule has 0 saturated carbocycles. The van der Waals surface area contributed by atoms with Crippen molar-refractivity contribution in [2.45, 2.75) is 26.2 Å².